The minimum Gasteiger partial charge on any atom is -0.368 e. The van der Waals surface area contributed by atoms with Gasteiger partial charge in [-0.3, -0.25) is 9.59 Å². The first-order valence-corrected chi connectivity index (χ1v) is 9.90. The van der Waals surface area contributed by atoms with Crippen molar-refractivity contribution in [3.63, 3.8) is 0 Å². The Morgan fingerprint density at radius 1 is 1.07 bits per heavy atom. The van der Waals surface area contributed by atoms with E-state index in [4.69, 9.17) is 11.6 Å². The Morgan fingerprint density at radius 2 is 1.72 bits per heavy atom. The molecular formula is C17H17ClF3N5O2S. The van der Waals surface area contributed by atoms with Crippen molar-refractivity contribution in [2.75, 3.05) is 36.4 Å². The van der Waals surface area contributed by atoms with Gasteiger partial charge in [-0.2, -0.15) is 13.2 Å². The lowest BCUT2D eigenvalue weighted by Gasteiger charge is -2.36. The van der Waals surface area contributed by atoms with E-state index in [-0.39, 0.29) is 35.2 Å². The molecule has 0 spiro atoms. The number of carbonyl (C=O) groups is 2. The molecule has 0 unspecified atom stereocenters. The summed E-state index contributed by atoms with van der Waals surface area (Å²) in [6, 6.07) is 7.45. The summed E-state index contributed by atoms with van der Waals surface area (Å²) in [7, 11) is 0. The van der Waals surface area contributed by atoms with E-state index in [1.807, 2.05) is 24.3 Å². The first-order valence-electron chi connectivity index (χ1n) is 8.71. The lowest BCUT2D eigenvalue weighted by Crippen LogP contribution is -2.48. The molecule has 0 radical (unpaired) electrons. The summed E-state index contributed by atoms with van der Waals surface area (Å²) < 4.78 is 37.5. The minimum atomic E-state index is -4.61. The Bertz CT molecular complexity index is 867. The molecule has 2 amide bonds. The monoisotopic (exact) mass is 447 g/mol. The third-order valence-corrected chi connectivity index (χ3v) is 5.44. The van der Waals surface area contributed by atoms with Gasteiger partial charge in [0.25, 0.3) is 0 Å². The van der Waals surface area contributed by atoms with Crippen LogP contribution < -0.4 is 10.2 Å². The molecule has 29 heavy (non-hydrogen) atoms. The number of carbonyl (C=O) groups excluding carboxylic acids is 2. The summed E-state index contributed by atoms with van der Waals surface area (Å²) >= 11 is 6.13. The van der Waals surface area contributed by atoms with Crippen LogP contribution in [-0.4, -0.2) is 53.1 Å². The Morgan fingerprint density at radius 3 is 2.31 bits per heavy atom. The fourth-order valence-corrected chi connectivity index (χ4v) is 3.57. The molecule has 1 saturated heterocycles. The largest absolute Gasteiger partial charge is 0.445 e. The standard InChI is InChI=1S/C17H17ClF3N5O2S/c18-11-1-3-12(4-2-11)25-7-9-26(10-8-25)14(28)6-5-13(27)22-16-24-23-15(29-16)17(19,20)21/h1-4H,5-10H2,(H,22,24,27). The molecule has 0 atom stereocenters. The summed E-state index contributed by atoms with van der Waals surface area (Å²) in [5, 5.41) is 7.79. The summed E-state index contributed by atoms with van der Waals surface area (Å²) in [6.45, 7) is 2.36. The van der Waals surface area contributed by atoms with Crippen molar-refractivity contribution in [3.8, 4) is 0 Å². The highest BCUT2D eigenvalue weighted by molar-refractivity contribution is 7.15. The number of alkyl halides is 3. The van der Waals surface area contributed by atoms with Crippen LogP contribution in [0.3, 0.4) is 0 Å². The van der Waals surface area contributed by atoms with E-state index in [2.05, 4.69) is 20.4 Å². The summed E-state index contributed by atoms with van der Waals surface area (Å²) in [5.41, 5.74) is 1.02. The molecule has 1 aromatic heterocycles. The van der Waals surface area contributed by atoms with Crippen LogP contribution in [-0.2, 0) is 15.8 Å². The van der Waals surface area contributed by atoms with Crippen molar-refractivity contribution in [2.24, 2.45) is 0 Å². The Balaban J connectivity index is 1.42. The van der Waals surface area contributed by atoms with Gasteiger partial charge in [-0.1, -0.05) is 22.9 Å². The predicted molar refractivity (Wildman–Crippen MR) is 103 cm³/mol. The van der Waals surface area contributed by atoms with E-state index in [0.717, 1.165) is 5.69 Å². The topological polar surface area (TPSA) is 78.4 Å². The average Bonchev–Trinajstić information content (AvgIpc) is 3.16. The lowest BCUT2D eigenvalue weighted by atomic mass is 10.2. The van der Waals surface area contributed by atoms with Crippen LogP contribution >= 0.6 is 22.9 Å². The highest BCUT2D eigenvalue weighted by Crippen LogP contribution is 2.33. The number of piperazine rings is 1. The van der Waals surface area contributed by atoms with Gasteiger partial charge in [0, 0.05) is 49.7 Å². The van der Waals surface area contributed by atoms with Gasteiger partial charge < -0.3 is 15.1 Å². The molecule has 3 rings (SSSR count). The fourth-order valence-electron chi connectivity index (χ4n) is 2.81. The molecule has 1 aliphatic rings. The number of halogens is 4. The van der Waals surface area contributed by atoms with Crippen molar-refractivity contribution in [3.05, 3.63) is 34.3 Å². The van der Waals surface area contributed by atoms with Crippen molar-refractivity contribution >= 4 is 45.6 Å². The van der Waals surface area contributed by atoms with Gasteiger partial charge in [-0.05, 0) is 24.3 Å². The first-order chi connectivity index (χ1) is 13.7. The molecule has 0 saturated carbocycles. The molecule has 1 aliphatic heterocycles. The number of amides is 2. The summed E-state index contributed by atoms with van der Waals surface area (Å²) in [5.74, 6) is -0.757. The maximum atomic E-state index is 12.5. The number of anilines is 2. The van der Waals surface area contributed by atoms with Gasteiger partial charge in [0.05, 0.1) is 0 Å². The van der Waals surface area contributed by atoms with Crippen molar-refractivity contribution < 1.29 is 22.8 Å². The first kappa shape index (κ1) is 21.3. The number of aromatic nitrogens is 2. The van der Waals surface area contributed by atoms with Crippen LogP contribution in [0.5, 0.6) is 0 Å². The highest BCUT2D eigenvalue weighted by atomic mass is 35.5. The number of benzene rings is 1. The number of hydrogen-bond acceptors (Lipinski definition) is 6. The van der Waals surface area contributed by atoms with E-state index < -0.39 is 17.1 Å². The van der Waals surface area contributed by atoms with Crippen LogP contribution in [0.2, 0.25) is 5.02 Å². The molecule has 0 bridgehead atoms. The van der Waals surface area contributed by atoms with Crippen LogP contribution in [0.15, 0.2) is 24.3 Å². The predicted octanol–water partition coefficient (Wildman–Crippen LogP) is 3.28. The number of nitrogens with one attached hydrogen (secondary N) is 1. The zero-order valence-corrected chi connectivity index (χ0v) is 16.6. The highest BCUT2D eigenvalue weighted by Gasteiger charge is 2.35. The zero-order valence-electron chi connectivity index (χ0n) is 15.1. The van der Waals surface area contributed by atoms with E-state index in [9.17, 15) is 22.8 Å². The maximum absolute atomic E-state index is 12.5. The molecule has 1 fully saturated rings. The second kappa shape index (κ2) is 8.95. The van der Waals surface area contributed by atoms with E-state index >= 15 is 0 Å². The lowest BCUT2D eigenvalue weighted by molar-refractivity contribution is -0.138. The summed E-state index contributed by atoms with van der Waals surface area (Å²) in [4.78, 5) is 28.0. The fraction of sp³-hybridized carbons (Fsp3) is 0.412. The Kier molecular flexibility index (Phi) is 6.58. The average molecular weight is 448 g/mol. The van der Waals surface area contributed by atoms with Gasteiger partial charge in [-0.25, -0.2) is 0 Å². The van der Waals surface area contributed by atoms with Gasteiger partial charge in [-0.15, -0.1) is 10.2 Å². The molecule has 12 heteroatoms. The van der Waals surface area contributed by atoms with Crippen molar-refractivity contribution in [1.82, 2.24) is 15.1 Å². The maximum Gasteiger partial charge on any atom is 0.445 e. The normalized spacial score (nSPS) is 14.8. The van der Waals surface area contributed by atoms with Crippen LogP contribution in [0.1, 0.15) is 17.8 Å². The number of hydrogen-bond donors (Lipinski definition) is 1. The number of rotatable bonds is 5. The third-order valence-electron chi connectivity index (χ3n) is 4.30. The Labute approximate surface area is 173 Å². The molecule has 2 heterocycles. The van der Waals surface area contributed by atoms with Gasteiger partial charge in [0.15, 0.2) is 0 Å². The smallest absolute Gasteiger partial charge is 0.368 e. The van der Waals surface area contributed by atoms with E-state index in [1.165, 1.54) is 0 Å². The summed E-state index contributed by atoms with van der Waals surface area (Å²) in [6.07, 6.45) is -4.78. The van der Waals surface area contributed by atoms with Gasteiger partial charge in [0.1, 0.15) is 0 Å². The number of nitrogens with zero attached hydrogens (tertiary/aromatic N) is 4. The molecule has 156 valence electrons. The molecule has 0 aliphatic carbocycles. The van der Waals surface area contributed by atoms with E-state index in [1.54, 1.807) is 4.90 Å². The second-order valence-corrected chi connectivity index (χ2v) is 7.72. The molecule has 7 nitrogen and oxygen atoms in total. The quantitative estimate of drug-likeness (QED) is 0.761. The molecule has 1 N–H and O–H groups in total. The SMILES string of the molecule is O=C(CCC(=O)N1CCN(c2ccc(Cl)cc2)CC1)Nc1nnc(C(F)(F)F)s1. The van der Waals surface area contributed by atoms with Gasteiger partial charge >= 0.3 is 6.18 Å². The van der Waals surface area contributed by atoms with Crippen LogP contribution in [0.4, 0.5) is 24.0 Å². The van der Waals surface area contributed by atoms with Crippen LogP contribution in [0, 0.1) is 0 Å². The Hall–Kier alpha value is -2.40. The van der Waals surface area contributed by atoms with Gasteiger partial charge in [0.2, 0.25) is 22.0 Å². The third kappa shape index (κ3) is 5.80. The van der Waals surface area contributed by atoms with E-state index in [0.29, 0.717) is 31.2 Å². The molecule has 1 aromatic carbocycles. The molecule has 2 aromatic rings. The van der Waals surface area contributed by atoms with Crippen molar-refractivity contribution in [1.29, 1.82) is 0 Å². The second-order valence-electron chi connectivity index (χ2n) is 6.30. The minimum absolute atomic E-state index is 0.0300. The van der Waals surface area contributed by atoms with Crippen LogP contribution in [0.25, 0.3) is 0 Å². The van der Waals surface area contributed by atoms with Crippen molar-refractivity contribution in [2.45, 2.75) is 19.0 Å². The molecular weight excluding hydrogens is 431 g/mol. The zero-order chi connectivity index (χ0) is 21.0.